The minimum atomic E-state index is -1.30. The van der Waals surface area contributed by atoms with Crippen molar-refractivity contribution in [2.75, 3.05) is 27.2 Å². The smallest absolute Gasteiger partial charge is 0.159 e. The molecule has 8 heteroatoms. The Morgan fingerprint density at radius 1 is 1.02 bits per heavy atom. The van der Waals surface area contributed by atoms with Crippen LogP contribution in [-0.4, -0.2) is 95.7 Å². The molecule has 0 aromatic heterocycles. The van der Waals surface area contributed by atoms with Gasteiger partial charge in [-0.2, -0.15) is 0 Å². The zero-order valence-electron chi connectivity index (χ0n) is 33.6. The lowest BCUT2D eigenvalue weighted by atomic mass is 9.51. The van der Waals surface area contributed by atoms with Gasteiger partial charge in [0.05, 0.1) is 28.8 Å². The first-order valence-corrected chi connectivity index (χ1v) is 19.9. The lowest BCUT2D eigenvalue weighted by molar-refractivity contribution is -0.237. The number of Topliss-reactive ketones (excluding diaryl/α,β-unsaturated/α-hetero) is 1. The summed E-state index contributed by atoms with van der Waals surface area (Å²) in [4.78, 5) is 22.6. The van der Waals surface area contributed by atoms with E-state index in [9.17, 15) is 9.90 Å². The van der Waals surface area contributed by atoms with E-state index < -0.39 is 27.8 Å². The van der Waals surface area contributed by atoms with E-state index >= 15 is 0 Å². The fourth-order valence-corrected chi connectivity index (χ4v) is 11.1. The van der Waals surface area contributed by atoms with Crippen molar-refractivity contribution in [3.63, 3.8) is 0 Å². The van der Waals surface area contributed by atoms with Crippen LogP contribution in [0.4, 0.5) is 0 Å². The highest BCUT2D eigenvalue weighted by Gasteiger charge is 2.77. The number of aliphatic hydroxyl groups is 1. The van der Waals surface area contributed by atoms with Crippen molar-refractivity contribution in [1.82, 2.24) is 4.90 Å². The summed E-state index contributed by atoms with van der Waals surface area (Å²) in [6.07, 6.45) is 4.77. The third-order valence-corrected chi connectivity index (χ3v) is 15.0. The molecule has 0 aromatic carbocycles. The standard InChI is InChI=1S/C41H72N2O6/c1-15-17-42-33-22-41(39(12,49-41)36(24(3)4)48-34-20-31(43(13)14)18-25(5)47-34)23-40(45)21-30-19-32(30)27(7)35(44)37(40,10)29(9)38(11,46-16-2)28(8)26(33)6/h24-32,34,36,45H,15-23H2,1-14H3/t25?,26?,27?,28?,29?,30?,31?,32-,34?,36-,37?,38+,39+,40?,41?/m1/s1. The van der Waals surface area contributed by atoms with E-state index in [1.54, 1.807) is 0 Å². The summed E-state index contributed by atoms with van der Waals surface area (Å²) < 4.78 is 27.5. The van der Waals surface area contributed by atoms with Crippen molar-refractivity contribution >= 4 is 11.5 Å². The van der Waals surface area contributed by atoms with Crippen LogP contribution in [0.25, 0.3) is 0 Å². The van der Waals surface area contributed by atoms with E-state index in [4.69, 9.17) is 23.9 Å². The van der Waals surface area contributed by atoms with Crippen molar-refractivity contribution in [1.29, 1.82) is 0 Å². The van der Waals surface area contributed by atoms with Gasteiger partial charge in [-0.25, -0.2) is 0 Å². The van der Waals surface area contributed by atoms with E-state index in [0.717, 1.165) is 37.9 Å². The highest BCUT2D eigenvalue weighted by atomic mass is 16.7. The largest absolute Gasteiger partial charge is 0.389 e. The Morgan fingerprint density at radius 2 is 1.69 bits per heavy atom. The van der Waals surface area contributed by atoms with Crippen LogP contribution in [0.3, 0.4) is 0 Å². The van der Waals surface area contributed by atoms with Gasteiger partial charge in [0.2, 0.25) is 0 Å². The summed E-state index contributed by atoms with van der Waals surface area (Å²) in [5, 5.41) is 13.5. The van der Waals surface area contributed by atoms with E-state index in [2.05, 4.69) is 95.2 Å². The Kier molecular flexibility index (Phi) is 11.1. The van der Waals surface area contributed by atoms with Crippen LogP contribution in [0.1, 0.15) is 128 Å². The predicted molar refractivity (Wildman–Crippen MR) is 196 cm³/mol. The number of hydrogen-bond donors (Lipinski definition) is 1. The molecular formula is C41H72N2O6. The minimum Gasteiger partial charge on any atom is -0.389 e. The first kappa shape index (κ1) is 39.3. The van der Waals surface area contributed by atoms with Crippen molar-refractivity contribution in [2.45, 2.75) is 175 Å². The second-order valence-electron chi connectivity index (χ2n) is 18.4. The first-order valence-electron chi connectivity index (χ1n) is 19.9. The molecule has 0 aromatic rings. The fraction of sp³-hybridized carbons (Fsp3) is 0.951. The molecule has 15 atom stereocenters. The van der Waals surface area contributed by atoms with Crippen LogP contribution in [0, 0.1) is 46.8 Å². The van der Waals surface area contributed by atoms with Crippen LogP contribution >= 0.6 is 0 Å². The molecule has 2 heterocycles. The number of nitrogens with zero attached hydrogens (tertiary/aromatic N) is 2. The van der Waals surface area contributed by atoms with Crippen LogP contribution in [-0.2, 0) is 23.7 Å². The lowest BCUT2D eigenvalue weighted by Gasteiger charge is -2.57. The number of fused-ring (bicyclic) bond motifs is 2. The second kappa shape index (κ2) is 13.8. The number of carbonyl (C=O) groups is 1. The van der Waals surface area contributed by atoms with Gasteiger partial charge in [0, 0.05) is 56.0 Å². The number of ketones is 1. The normalized spacial score (nSPS) is 50.3. The van der Waals surface area contributed by atoms with Crippen LogP contribution in [0.15, 0.2) is 4.99 Å². The number of aliphatic imine (C=N–C) groups is 1. The van der Waals surface area contributed by atoms with Crippen LogP contribution in [0.5, 0.6) is 0 Å². The molecule has 1 N–H and O–H groups in total. The van der Waals surface area contributed by atoms with Gasteiger partial charge >= 0.3 is 0 Å². The van der Waals surface area contributed by atoms with Gasteiger partial charge in [-0.05, 0) is 104 Å². The quantitative estimate of drug-likeness (QED) is 0.254. The Bertz CT molecular complexity index is 1240. The number of carbonyl (C=O) groups excluding carboxylic acids is 1. The molecule has 0 radical (unpaired) electrons. The highest BCUT2D eigenvalue weighted by molar-refractivity contribution is 5.91. The van der Waals surface area contributed by atoms with E-state index in [1.807, 2.05) is 6.92 Å². The molecule has 3 saturated carbocycles. The third-order valence-electron chi connectivity index (χ3n) is 15.0. The van der Waals surface area contributed by atoms with Crippen molar-refractivity contribution in [2.24, 2.45) is 51.8 Å². The summed E-state index contributed by atoms with van der Waals surface area (Å²) in [7, 11) is 4.27. The average Bonchev–Trinajstić information content (AvgIpc) is 3.93. The van der Waals surface area contributed by atoms with Crippen molar-refractivity contribution < 1.29 is 28.8 Å². The SMILES string of the molecule is CCCN=C1CC2(CC3(O)CC4C[C@@H]4C(C)C(=O)C3(C)C(C)[C@@](C)(OCC)C(C)C1C)O[C@@]2(C)[C@H](OC1CC(N(C)C)CC(C)O1)C(C)C. The summed E-state index contributed by atoms with van der Waals surface area (Å²) in [6.45, 7) is 27.4. The van der Waals surface area contributed by atoms with E-state index in [1.165, 1.54) is 0 Å². The number of rotatable bonds is 9. The lowest BCUT2D eigenvalue weighted by Crippen LogP contribution is -2.65. The third kappa shape index (κ3) is 6.53. The molecule has 2 saturated heterocycles. The maximum absolute atomic E-state index is 15.0. The summed E-state index contributed by atoms with van der Waals surface area (Å²) in [5.74, 6) is 0.764. The Morgan fingerprint density at radius 3 is 2.29 bits per heavy atom. The van der Waals surface area contributed by atoms with Gasteiger partial charge < -0.3 is 29.0 Å². The van der Waals surface area contributed by atoms with E-state index in [-0.39, 0.29) is 53.9 Å². The molecule has 282 valence electrons. The maximum atomic E-state index is 15.0. The molecule has 11 unspecified atom stereocenters. The predicted octanol–water partition coefficient (Wildman–Crippen LogP) is 7.34. The minimum absolute atomic E-state index is 0.0393. The van der Waals surface area contributed by atoms with Crippen molar-refractivity contribution in [3.05, 3.63) is 0 Å². The summed E-state index contributed by atoms with van der Waals surface area (Å²) in [5.41, 5.74) is -3.33. The number of epoxide rings is 1. The molecule has 1 spiro atoms. The molecule has 5 aliphatic rings. The van der Waals surface area contributed by atoms with Crippen LogP contribution in [0.2, 0.25) is 0 Å². The molecule has 49 heavy (non-hydrogen) atoms. The Hall–Kier alpha value is -0.900. The Balaban J connectivity index is 1.64. The maximum Gasteiger partial charge on any atom is 0.159 e. The molecule has 0 bridgehead atoms. The fourth-order valence-electron chi connectivity index (χ4n) is 11.1. The van der Waals surface area contributed by atoms with Gasteiger partial charge in [0.1, 0.15) is 17.0 Å². The Labute approximate surface area is 298 Å². The van der Waals surface area contributed by atoms with Gasteiger partial charge in [-0.1, -0.05) is 48.5 Å². The molecule has 8 nitrogen and oxygen atoms in total. The van der Waals surface area contributed by atoms with Gasteiger partial charge in [0.25, 0.3) is 0 Å². The highest BCUT2D eigenvalue weighted by Crippen LogP contribution is 2.68. The van der Waals surface area contributed by atoms with Gasteiger partial charge in [0.15, 0.2) is 6.29 Å². The summed E-state index contributed by atoms with van der Waals surface area (Å²) in [6, 6.07) is 0.375. The van der Waals surface area contributed by atoms with Gasteiger partial charge in [-0.15, -0.1) is 0 Å². The zero-order valence-corrected chi connectivity index (χ0v) is 33.6. The topological polar surface area (TPSA) is 93.1 Å². The molecule has 3 aliphatic carbocycles. The zero-order chi connectivity index (χ0) is 36.5. The molecule has 5 rings (SSSR count). The number of ether oxygens (including phenoxy) is 4. The van der Waals surface area contributed by atoms with Gasteiger partial charge in [-0.3, -0.25) is 9.79 Å². The second-order valence-corrected chi connectivity index (χ2v) is 18.4. The average molecular weight is 689 g/mol. The molecule has 2 aliphatic heterocycles. The summed E-state index contributed by atoms with van der Waals surface area (Å²) >= 11 is 0. The van der Waals surface area contributed by atoms with E-state index in [0.29, 0.717) is 43.7 Å². The molecule has 0 amide bonds. The van der Waals surface area contributed by atoms with Crippen LogP contribution < -0.4 is 0 Å². The molecular weight excluding hydrogens is 616 g/mol. The van der Waals surface area contributed by atoms with Crippen molar-refractivity contribution in [3.8, 4) is 0 Å². The molecule has 5 fully saturated rings. The first-order chi connectivity index (χ1) is 22.7. The number of hydrogen-bond acceptors (Lipinski definition) is 8. The monoisotopic (exact) mass is 689 g/mol.